The van der Waals surface area contributed by atoms with E-state index >= 15 is 0 Å². The summed E-state index contributed by atoms with van der Waals surface area (Å²) in [6.45, 7) is 8.72. The first-order valence-electron chi connectivity index (χ1n) is 6.81. The van der Waals surface area contributed by atoms with E-state index in [0.717, 1.165) is 5.56 Å². The predicted molar refractivity (Wildman–Crippen MR) is 79.9 cm³/mol. The number of carbonyl (C=O) groups excluding carboxylic acids is 1. The van der Waals surface area contributed by atoms with Gasteiger partial charge in [0.25, 0.3) is 0 Å². The molecule has 106 valence electrons. The second-order valence-electron chi connectivity index (χ2n) is 6.31. The van der Waals surface area contributed by atoms with Crippen molar-refractivity contribution in [1.29, 1.82) is 0 Å². The molecule has 0 atom stereocenters. The average molecular weight is 262 g/mol. The molecule has 0 saturated carbocycles. The van der Waals surface area contributed by atoms with Crippen molar-refractivity contribution in [2.45, 2.75) is 52.1 Å². The van der Waals surface area contributed by atoms with Gasteiger partial charge in [0.2, 0.25) is 5.91 Å². The molecule has 0 aromatic heterocycles. The fraction of sp³-hybridized carbons (Fsp3) is 0.562. The Morgan fingerprint density at radius 3 is 2.21 bits per heavy atom. The minimum absolute atomic E-state index is 0.0837. The molecule has 0 aliphatic heterocycles. The highest BCUT2D eigenvalue weighted by Crippen LogP contribution is 2.16. The zero-order valence-electron chi connectivity index (χ0n) is 12.7. The molecule has 3 heteroatoms. The molecule has 0 spiro atoms. The third-order valence-electron chi connectivity index (χ3n) is 3.10. The van der Waals surface area contributed by atoms with Crippen LogP contribution in [0.3, 0.4) is 0 Å². The lowest BCUT2D eigenvalue weighted by Crippen LogP contribution is -2.39. The van der Waals surface area contributed by atoms with Crippen LogP contribution in [0.5, 0.6) is 0 Å². The largest absolute Gasteiger partial charge is 0.341 e. The number of benzene rings is 1. The molecular formula is C16H26N2O. The summed E-state index contributed by atoms with van der Waals surface area (Å²) in [7, 11) is 1.82. The summed E-state index contributed by atoms with van der Waals surface area (Å²) < 4.78 is 0. The van der Waals surface area contributed by atoms with Gasteiger partial charge >= 0.3 is 0 Å². The summed E-state index contributed by atoms with van der Waals surface area (Å²) in [5.41, 5.74) is 7.89. The molecule has 0 aliphatic rings. The highest BCUT2D eigenvalue weighted by Gasteiger charge is 2.19. The molecule has 1 amide bonds. The quantitative estimate of drug-likeness (QED) is 0.887. The normalized spacial score (nSPS) is 11.7. The lowest BCUT2D eigenvalue weighted by molar-refractivity contribution is -0.131. The van der Waals surface area contributed by atoms with Crippen molar-refractivity contribution in [1.82, 2.24) is 4.90 Å². The summed E-state index contributed by atoms with van der Waals surface area (Å²) in [6, 6.07) is 8.44. The van der Waals surface area contributed by atoms with Gasteiger partial charge in [-0.1, -0.05) is 38.1 Å². The van der Waals surface area contributed by atoms with Crippen LogP contribution in [0.25, 0.3) is 0 Å². The average Bonchev–Trinajstić information content (AvgIpc) is 2.27. The van der Waals surface area contributed by atoms with Crippen LogP contribution in [0.1, 0.15) is 51.2 Å². The van der Waals surface area contributed by atoms with Crippen molar-refractivity contribution in [3.63, 3.8) is 0 Å². The van der Waals surface area contributed by atoms with Gasteiger partial charge in [-0.15, -0.1) is 0 Å². The SMILES string of the molecule is CC(C)c1ccc(CN(C)C(=O)CC(C)(C)N)cc1. The topological polar surface area (TPSA) is 46.3 Å². The number of nitrogens with zero attached hydrogens (tertiary/aromatic N) is 1. The van der Waals surface area contributed by atoms with Crippen molar-refractivity contribution in [2.24, 2.45) is 5.73 Å². The van der Waals surface area contributed by atoms with E-state index in [2.05, 4.69) is 38.1 Å². The number of nitrogens with two attached hydrogens (primary N) is 1. The summed E-state index contributed by atoms with van der Waals surface area (Å²) in [6.07, 6.45) is 0.369. The minimum atomic E-state index is -0.452. The lowest BCUT2D eigenvalue weighted by atomic mass is 10.0. The zero-order valence-corrected chi connectivity index (χ0v) is 12.7. The Morgan fingerprint density at radius 1 is 1.26 bits per heavy atom. The van der Waals surface area contributed by atoms with Crippen molar-refractivity contribution >= 4 is 5.91 Å². The smallest absolute Gasteiger partial charge is 0.224 e. The van der Waals surface area contributed by atoms with E-state index in [0.29, 0.717) is 18.9 Å². The Labute approximate surface area is 116 Å². The van der Waals surface area contributed by atoms with Gasteiger partial charge in [-0.25, -0.2) is 0 Å². The Morgan fingerprint density at radius 2 is 1.79 bits per heavy atom. The molecule has 1 rings (SSSR count). The van der Waals surface area contributed by atoms with Crippen molar-refractivity contribution in [2.75, 3.05) is 7.05 Å². The van der Waals surface area contributed by atoms with Crippen LogP contribution in [0.2, 0.25) is 0 Å². The molecule has 0 saturated heterocycles. The second-order valence-corrected chi connectivity index (χ2v) is 6.31. The van der Waals surface area contributed by atoms with E-state index in [1.54, 1.807) is 4.90 Å². The Hall–Kier alpha value is -1.35. The van der Waals surface area contributed by atoms with Crippen molar-refractivity contribution in [3.05, 3.63) is 35.4 Å². The summed E-state index contributed by atoms with van der Waals surface area (Å²) in [4.78, 5) is 13.7. The molecule has 0 aliphatic carbocycles. The fourth-order valence-electron chi connectivity index (χ4n) is 1.89. The monoisotopic (exact) mass is 262 g/mol. The van der Waals surface area contributed by atoms with E-state index in [-0.39, 0.29) is 5.91 Å². The van der Waals surface area contributed by atoms with Crippen LogP contribution in [-0.4, -0.2) is 23.4 Å². The first-order chi connectivity index (χ1) is 8.69. The van der Waals surface area contributed by atoms with Gasteiger partial charge in [0.1, 0.15) is 0 Å². The third-order valence-corrected chi connectivity index (χ3v) is 3.10. The molecule has 0 unspecified atom stereocenters. The minimum Gasteiger partial charge on any atom is -0.341 e. The van der Waals surface area contributed by atoms with E-state index in [4.69, 9.17) is 5.73 Å². The number of amides is 1. The molecule has 2 N–H and O–H groups in total. The molecule has 1 aromatic carbocycles. The van der Waals surface area contributed by atoms with Gasteiger partial charge in [0.15, 0.2) is 0 Å². The van der Waals surface area contributed by atoms with Gasteiger partial charge in [0.05, 0.1) is 0 Å². The van der Waals surface area contributed by atoms with Gasteiger partial charge in [0, 0.05) is 25.6 Å². The lowest BCUT2D eigenvalue weighted by Gasteiger charge is -2.23. The van der Waals surface area contributed by atoms with E-state index in [1.807, 2.05) is 20.9 Å². The third kappa shape index (κ3) is 5.43. The first-order valence-corrected chi connectivity index (χ1v) is 6.81. The first kappa shape index (κ1) is 15.7. The maximum Gasteiger partial charge on any atom is 0.224 e. The van der Waals surface area contributed by atoms with Crippen LogP contribution in [-0.2, 0) is 11.3 Å². The van der Waals surface area contributed by atoms with E-state index in [9.17, 15) is 4.79 Å². The summed E-state index contributed by atoms with van der Waals surface area (Å²) in [5, 5.41) is 0. The van der Waals surface area contributed by atoms with Crippen LogP contribution >= 0.6 is 0 Å². The molecule has 0 fully saturated rings. The van der Waals surface area contributed by atoms with Gasteiger partial charge in [-0.05, 0) is 30.9 Å². The fourth-order valence-corrected chi connectivity index (χ4v) is 1.89. The van der Waals surface area contributed by atoms with Crippen molar-refractivity contribution in [3.8, 4) is 0 Å². The van der Waals surface area contributed by atoms with Crippen LogP contribution < -0.4 is 5.73 Å². The van der Waals surface area contributed by atoms with Gasteiger partial charge in [-0.2, -0.15) is 0 Å². The molecule has 0 heterocycles. The second kappa shape index (κ2) is 6.20. The van der Waals surface area contributed by atoms with Crippen LogP contribution in [0.15, 0.2) is 24.3 Å². The molecular weight excluding hydrogens is 236 g/mol. The number of hydrogen-bond donors (Lipinski definition) is 1. The van der Waals surface area contributed by atoms with E-state index < -0.39 is 5.54 Å². The van der Waals surface area contributed by atoms with Gasteiger partial charge in [-0.3, -0.25) is 4.79 Å². The van der Waals surface area contributed by atoms with E-state index in [1.165, 1.54) is 5.56 Å². The predicted octanol–water partition coefficient (Wildman–Crippen LogP) is 2.90. The molecule has 19 heavy (non-hydrogen) atoms. The highest BCUT2D eigenvalue weighted by atomic mass is 16.2. The van der Waals surface area contributed by atoms with Gasteiger partial charge < -0.3 is 10.6 Å². The molecule has 0 radical (unpaired) electrons. The molecule has 1 aromatic rings. The Balaban J connectivity index is 2.61. The maximum absolute atomic E-state index is 12.0. The van der Waals surface area contributed by atoms with Crippen LogP contribution in [0, 0.1) is 0 Å². The number of hydrogen-bond acceptors (Lipinski definition) is 2. The summed E-state index contributed by atoms with van der Waals surface area (Å²) in [5.74, 6) is 0.617. The van der Waals surface area contributed by atoms with Crippen molar-refractivity contribution < 1.29 is 4.79 Å². The zero-order chi connectivity index (χ0) is 14.6. The molecule has 3 nitrogen and oxygen atoms in total. The highest BCUT2D eigenvalue weighted by molar-refractivity contribution is 5.77. The Kier molecular flexibility index (Phi) is 5.12. The van der Waals surface area contributed by atoms with Crippen LogP contribution in [0.4, 0.5) is 0 Å². The standard InChI is InChI=1S/C16H26N2O/c1-12(2)14-8-6-13(7-9-14)11-18(5)15(19)10-16(3,4)17/h6-9,12H,10-11,17H2,1-5H3. The molecule has 0 bridgehead atoms. The maximum atomic E-state index is 12.0. The summed E-state index contributed by atoms with van der Waals surface area (Å²) >= 11 is 0. The Bertz CT molecular complexity index is 415. The number of rotatable bonds is 5. The number of carbonyl (C=O) groups is 1.